The Balaban J connectivity index is 1.97. The Morgan fingerprint density at radius 3 is 2.72 bits per heavy atom. The molecule has 25 heavy (non-hydrogen) atoms. The second-order valence-electron chi connectivity index (χ2n) is 5.61. The molecule has 0 fully saturated rings. The van der Waals surface area contributed by atoms with Crippen LogP contribution in [0, 0.1) is 0 Å². The molecule has 3 rings (SSSR count). The van der Waals surface area contributed by atoms with E-state index in [0.29, 0.717) is 23.1 Å². The Hall–Kier alpha value is -3.19. The molecule has 7 heteroatoms. The van der Waals surface area contributed by atoms with Crippen LogP contribution in [-0.2, 0) is 0 Å². The van der Waals surface area contributed by atoms with E-state index in [1.807, 2.05) is 25.1 Å². The lowest BCUT2D eigenvalue weighted by Crippen LogP contribution is -2.21. The summed E-state index contributed by atoms with van der Waals surface area (Å²) in [7, 11) is 0. The average Bonchev–Trinajstić information content (AvgIpc) is 2.62. The van der Waals surface area contributed by atoms with E-state index < -0.39 is 0 Å². The van der Waals surface area contributed by atoms with Crippen LogP contribution < -0.4 is 10.6 Å². The third-order valence-corrected chi connectivity index (χ3v) is 3.45. The van der Waals surface area contributed by atoms with Crippen LogP contribution in [0.25, 0.3) is 11.3 Å². The third kappa shape index (κ3) is 4.42. The van der Waals surface area contributed by atoms with Gasteiger partial charge in [-0.15, -0.1) is 0 Å². The minimum Gasteiger partial charge on any atom is -0.508 e. The van der Waals surface area contributed by atoms with Crippen molar-refractivity contribution >= 4 is 17.5 Å². The van der Waals surface area contributed by atoms with Crippen LogP contribution >= 0.6 is 0 Å². The fourth-order valence-electron chi connectivity index (χ4n) is 2.24. The van der Waals surface area contributed by atoms with Gasteiger partial charge in [-0.25, -0.2) is 4.98 Å². The van der Waals surface area contributed by atoms with Gasteiger partial charge < -0.3 is 20.8 Å². The zero-order valence-corrected chi connectivity index (χ0v) is 13.7. The number of nitrogens with zero attached hydrogens (tertiary/aromatic N) is 3. The van der Waals surface area contributed by atoms with E-state index in [1.165, 1.54) is 0 Å². The van der Waals surface area contributed by atoms with Gasteiger partial charge in [-0.05, 0) is 31.2 Å². The fraction of sp³-hybridized carbons (Fsp3) is 0.167. The number of aromatic hydroxyl groups is 1. The number of phenolic OH excluding ortho intramolecular Hbond substituents is 1. The van der Waals surface area contributed by atoms with Crippen molar-refractivity contribution in [3.8, 4) is 17.0 Å². The zero-order valence-electron chi connectivity index (χ0n) is 13.7. The molecule has 0 bridgehead atoms. The molecule has 1 aromatic carbocycles. The van der Waals surface area contributed by atoms with Crippen LogP contribution in [0.4, 0.5) is 17.5 Å². The highest BCUT2D eigenvalue weighted by Crippen LogP contribution is 2.24. The Kier molecular flexibility index (Phi) is 5.06. The van der Waals surface area contributed by atoms with Crippen LogP contribution in [0.5, 0.6) is 5.75 Å². The van der Waals surface area contributed by atoms with Gasteiger partial charge in [0, 0.05) is 41.8 Å². The summed E-state index contributed by atoms with van der Waals surface area (Å²) in [6, 6.07) is 12.1. The Labute approximate surface area is 145 Å². The maximum Gasteiger partial charge on any atom is 0.225 e. The number of aromatic nitrogens is 3. The first-order chi connectivity index (χ1) is 12.1. The van der Waals surface area contributed by atoms with Crippen LogP contribution in [0.1, 0.15) is 6.92 Å². The standard InChI is InChI=1S/C18H19N5O2/c1-12(11-24)20-18-22-16(13-4-3-7-19-10-13)9-17(23-18)21-14-5-2-6-15(25)8-14/h2-10,12,24-25H,11H2,1H3,(H2,20,21,22,23)/t12-/m0/s1. The molecule has 0 saturated carbocycles. The third-order valence-electron chi connectivity index (χ3n) is 3.45. The van der Waals surface area contributed by atoms with Gasteiger partial charge in [0.25, 0.3) is 0 Å². The number of pyridine rings is 1. The number of benzene rings is 1. The van der Waals surface area contributed by atoms with Crippen molar-refractivity contribution in [2.75, 3.05) is 17.2 Å². The van der Waals surface area contributed by atoms with Crippen molar-refractivity contribution in [2.24, 2.45) is 0 Å². The number of phenols is 1. The zero-order chi connectivity index (χ0) is 17.6. The molecule has 2 heterocycles. The summed E-state index contributed by atoms with van der Waals surface area (Å²) in [5.74, 6) is 1.12. The van der Waals surface area contributed by atoms with Gasteiger partial charge in [0.05, 0.1) is 12.3 Å². The largest absolute Gasteiger partial charge is 0.508 e. The summed E-state index contributed by atoms with van der Waals surface area (Å²) in [6.07, 6.45) is 3.42. The van der Waals surface area contributed by atoms with Gasteiger partial charge >= 0.3 is 0 Å². The molecule has 0 amide bonds. The maximum absolute atomic E-state index is 9.61. The van der Waals surface area contributed by atoms with Crippen molar-refractivity contribution in [3.05, 3.63) is 54.9 Å². The highest BCUT2D eigenvalue weighted by atomic mass is 16.3. The fourth-order valence-corrected chi connectivity index (χ4v) is 2.24. The highest BCUT2D eigenvalue weighted by molar-refractivity contribution is 5.67. The summed E-state index contributed by atoms with van der Waals surface area (Å²) in [5.41, 5.74) is 2.25. The van der Waals surface area contributed by atoms with Gasteiger partial charge in [-0.2, -0.15) is 4.98 Å². The second kappa shape index (κ2) is 7.59. The number of anilines is 3. The molecule has 1 atom stereocenters. The predicted octanol–water partition coefficient (Wildman–Crippen LogP) is 2.78. The Bertz CT molecular complexity index is 842. The van der Waals surface area contributed by atoms with Crippen molar-refractivity contribution in [1.82, 2.24) is 15.0 Å². The van der Waals surface area contributed by atoms with E-state index in [9.17, 15) is 10.2 Å². The molecule has 0 saturated heterocycles. The first kappa shape index (κ1) is 16.7. The van der Waals surface area contributed by atoms with E-state index in [-0.39, 0.29) is 18.4 Å². The van der Waals surface area contributed by atoms with E-state index >= 15 is 0 Å². The Morgan fingerprint density at radius 1 is 1.12 bits per heavy atom. The predicted molar refractivity (Wildman–Crippen MR) is 96.8 cm³/mol. The van der Waals surface area contributed by atoms with Gasteiger partial charge in [-0.3, -0.25) is 4.98 Å². The molecule has 0 aliphatic carbocycles. The summed E-state index contributed by atoms with van der Waals surface area (Å²) >= 11 is 0. The minimum absolute atomic E-state index is 0.0319. The number of hydrogen-bond donors (Lipinski definition) is 4. The lowest BCUT2D eigenvalue weighted by molar-refractivity contribution is 0.281. The van der Waals surface area contributed by atoms with E-state index in [1.54, 1.807) is 36.7 Å². The summed E-state index contributed by atoms with van der Waals surface area (Å²) in [6.45, 7) is 1.80. The van der Waals surface area contributed by atoms with E-state index in [0.717, 1.165) is 5.56 Å². The van der Waals surface area contributed by atoms with Gasteiger partial charge in [-0.1, -0.05) is 6.07 Å². The van der Waals surface area contributed by atoms with Gasteiger partial charge in [0.15, 0.2) is 0 Å². The first-order valence-electron chi connectivity index (χ1n) is 7.87. The smallest absolute Gasteiger partial charge is 0.225 e. The van der Waals surface area contributed by atoms with Gasteiger partial charge in [0.2, 0.25) is 5.95 Å². The summed E-state index contributed by atoms with van der Waals surface area (Å²) in [5, 5.41) is 25.1. The summed E-state index contributed by atoms with van der Waals surface area (Å²) in [4.78, 5) is 13.0. The quantitative estimate of drug-likeness (QED) is 0.548. The van der Waals surface area contributed by atoms with Crippen LogP contribution in [0.2, 0.25) is 0 Å². The highest BCUT2D eigenvalue weighted by Gasteiger charge is 2.09. The maximum atomic E-state index is 9.61. The van der Waals surface area contributed by atoms with Crippen LogP contribution in [-0.4, -0.2) is 37.8 Å². The monoisotopic (exact) mass is 337 g/mol. The molecule has 4 N–H and O–H groups in total. The number of hydrogen-bond acceptors (Lipinski definition) is 7. The summed E-state index contributed by atoms with van der Waals surface area (Å²) < 4.78 is 0. The molecule has 128 valence electrons. The van der Waals surface area contributed by atoms with Crippen molar-refractivity contribution in [3.63, 3.8) is 0 Å². The number of aliphatic hydroxyl groups is 1. The lowest BCUT2D eigenvalue weighted by Gasteiger charge is -2.14. The molecule has 0 radical (unpaired) electrons. The van der Waals surface area contributed by atoms with E-state index in [4.69, 9.17) is 0 Å². The number of aliphatic hydroxyl groups excluding tert-OH is 1. The van der Waals surface area contributed by atoms with Crippen molar-refractivity contribution in [1.29, 1.82) is 0 Å². The number of nitrogens with one attached hydrogen (secondary N) is 2. The van der Waals surface area contributed by atoms with Crippen molar-refractivity contribution < 1.29 is 10.2 Å². The lowest BCUT2D eigenvalue weighted by atomic mass is 10.2. The molecule has 0 aliphatic heterocycles. The molecule has 0 spiro atoms. The second-order valence-corrected chi connectivity index (χ2v) is 5.61. The van der Waals surface area contributed by atoms with E-state index in [2.05, 4.69) is 25.6 Å². The molecular weight excluding hydrogens is 318 g/mol. The number of rotatable bonds is 6. The molecular formula is C18H19N5O2. The normalized spacial score (nSPS) is 11.8. The van der Waals surface area contributed by atoms with Crippen LogP contribution in [0.3, 0.4) is 0 Å². The molecule has 3 aromatic rings. The van der Waals surface area contributed by atoms with Crippen LogP contribution in [0.15, 0.2) is 54.9 Å². The van der Waals surface area contributed by atoms with Crippen molar-refractivity contribution in [2.45, 2.75) is 13.0 Å². The minimum atomic E-state index is -0.183. The topological polar surface area (TPSA) is 103 Å². The van der Waals surface area contributed by atoms with Gasteiger partial charge in [0.1, 0.15) is 11.6 Å². The average molecular weight is 337 g/mol. The molecule has 0 aliphatic rings. The molecule has 7 nitrogen and oxygen atoms in total. The first-order valence-corrected chi connectivity index (χ1v) is 7.87. The molecule has 2 aromatic heterocycles. The Morgan fingerprint density at radius 2 is 2.00 bits per heavy atom. The SMILES string of the molecule is C[C@@H](CO)Nc1nc(Nc2cccc(O)c2)cc(-c2cccnc2)n1. The molecule has 0 unspecified atom stereocenters.